The van der Waals surface area contributed by atoms with Gasteiger partial charge in [0.05, 0.1) is 9.92 Å². The van der Waals surface area contributed by atoms with E-state index in [1.165, 1.54) is 30.5 Å². The molecular weight excluding hydrogens is 377 g/mol. The Bertz CT molecular complexity index is 724. The summed E-state index contributed by atoms with van der Waals surface area (Å²) in [6, 6.07) is 5.67. The van der Waals surface area contributed by atoms with Crippen LogP contribution in [0.2, 0.25) is 10.2 Å². The van der Waals surface area contributed by atoms with Gasteiger partial charge in [-0.3, -0.25) is 0 Å². The number of nitrogens with zero attached hydrogens (tertiary/aromatic N) is 2. The van der Waals surface area contributed by atoms with Crippen molar-refractivity contribution in [1.29, 1.82) is 0 Å². The molecule has 0 bridgehead atoms. The predicted octanol–water partition coefficient (Wildman–Crippen LogP) is 3.35. The molecule has 0 saturated heterocycles. The SMILES string of the molecule is O=S(=O)(Nc1nccc(Cl)n1)c1ccc(Cl)c(Br)c1. The highest BCUT2D eigenvalue weighted by atomic mass is 79.9. The first-order valence-corrected chi connectivity index (χ1v) is 7.88. The topological polar surface area (TPSA) is 72.0 Å². The van der Waals surface area contributed by atoms with Crippen LogP contribution in [0.4, 0.5) is 5.95 Å². The molecule has 19 heavy (non-hydrogen) atoms. The van der Waals surface area contributed by atoms with E-state index in [9.17, 15) is 8.42 Å². The Balaban J connectivity index is 2.35. The summed E-state index contributed by atoms with van der Waals surface area (Å²) in [5.74, 6) is -0.0985. The smallest absolute Gasteiger partial charge is 0.247 e. The maximum absolute atomic E-state index is 12.1. The molecule has 100 valence electrons. The summed E-state index contributed by atoms with van der Waals surface area (Å²) in [6.07, 6.45) is 1.35. The summed E-state index contributed by atoms with van der Waals surface area (Å²) in [7, 11) is -3.79. The van der Waals surface area contributed by atoms with Crippen molar-refractivity contribution in [2.75, 3.05) is 4.72 Å². The second kappa shape index (κ2) is 5.62. The monoisotopic (exact) mass is 381 g/mol. The molecule has 0 saturated carbocycles. The summed E-state index contributed by atoms with van der Waals surface area (Å²) in [5.41, 5.74) is 0. The standard InChI is InChI=1S/C10H6BrCl2N3O2S/c11-7-5-6(1-2-8(7)12)19(17,18)16-10-14-4-3-9(13)15-10/h1-5H,(H,14,15,16). The van der Waals surface area contributed by atoms with Gasteiger partial charge in [-0.1, -0.05) is 23.2 Å². The molecule has 0 aliphatic carbocycles. The van der Waals surface area contributed by atoms with E-state index in [2.05, 4.69) is 30.6 Å². The van der Waals surface area contributed by atoms with Gasteiger partial charge in [-0.15, -0.1) is 0 Å². The number of nitrogens with one attached hydrogen (secondary N) is 1. The normalized spacial score (nSPS) is 11.3. The van der Waals surface area contributed by atoms with Crippen LogP contribution >= 0.6 is 39.1 Å². The first-order valence-electron chi connectivity index (χ1n) is 4.85. The first kappa shape index (κ1) is 14.5. The fourth-order valence-corrected chi connectivity index (χ4v) is 2.97. The van der Waals surface area contributed by atoms with Gasteiger partial charge in [0.1, 0.15) is 5.15 Å². The Morgan fingerprint density at radius 1 is 1.21 bits per heavy atom. The van der Waals surface area contributed by atoms with Crippen LogP contribution in [0, 0.1) is 0 Å². The van der Waals surface area contributed by atoms with Crippen LogP contribution in [0.5, 0.6) is 0 Å². The maximum Gasteiger partial charge on any atom is 0.264 e. The summed E-state index contributed by atoms with van der Waals surface area (Å²) >= 11 is 14.6. The van der Waals surface area contributed by atoms with E-state index < -0.39 is 10.0 Å². The quantitative estimate of drug-likeness (QED) is 0.826. The number of benzene rings is 1. The van der Waals surface area contributed by atoms with Crippen molar-refractivity contribution in [3.63, 3.8) is 0 Å². The third-order valence-corrected chi connectivity index (χ3v) is 4.80. The molecule has 0 unspecified atom stereocenters. The van der Waals surface area contributed by atoms with Crippen molar-refractivity contribution >= 4 is 55.1 Å². The van der Waals surface area contributed by atoms with E-state index in [0.717, 1.165) is 0 Å². The van der Waals surface area contributed by atoms with Gasteiger partial charge in [0.25, 0.3) is 10.0 Å². The Hall–Kier alpha value is -0.890. The van der Waals surface area contributed by atoms with Crippen LogP contribution < -0.4 is 4.72 Å². The summed E-state index contributed by atoms with van der Waals surface area (Å²) in [6.45, 7) is 0. The molecule has 0 fully saturated rings. The molecule has 0 spiro atoms. The number of rotatable bonds is 3. The van der Waals surface area contributed by atoms with E-state index in [4.69, 9.17) is 23.2 Å². The van der Waals surface area contributed by atoms with Crippen molar-refractivity contribution in [2.45, 2.75) is 4.90 Å². The number of hydrogen-bond donors (Lipinski definition) is 1. The van der Waals surface area contributed by atoms with Gasteiger partial charge in [-0.05, 0) is 40.2 Å². The molecule has 1 aromatic heterocycles. The van der Waals surface area contributed by atoms with Crippen molar-refractivity contribution in [1.82, 2.24) is 9.97 Å². The zero-order chi connectivity index (χ0) is 14.0. The molecule has 1 N–H and O–H groups in total. The molecule has 0 aliphatic rings. The van der Waals surface area contributed by atoms with Crippen LogP contribution in [0.15, 0.2) is 39.8 Å². The third-order valence-electron chi connectivity index (χ3n) is 2.05. The Morgan fingerprint density at radius 2 is 1.95 bits per heavy atom. The molecule has 2 rings (SSSR count). The highest BCUT2D eigenvalue weighted by Gasteiger charge is 2.16. The molecule has 1 heterocycles. The number of aromatic nitrogens is 2. The summed E-state index contributed by atoms with van der Waals surface area (Å²) in [5, 5.41) is 0.558. The minimum absolute atomic E-state index is 0.0346. The number of halogens is 3. The van der Waals surface area contributed by atoms with Crippen LogP contribution in [0.3, 0.4) is 0 Å². The van der Waals surface area contributed by atoms with Gasteiger partial charge < -0.3 is 0 Å². The molecule has 0 atom stereocenters. The van der Waals surface area contributed by atoms with Crippen molar-refractivity contribution in [3.05, 3.63) is 45.1 Å². The Kier molecular flexibility index (Phi) is 4.29. The molecule has 0 radical (unpaired) electrons. The van der Waals surface area contributed by atoms with Crippen LogP contribution in [-0.4, -0.2) is 18.4 Å². The van der Waals surface area contributed by atoms with E-state index in [0.29, 0.717) is 9.50 Å². The second-order valence-electron chi connectivity index (χ2n) is 3.38. The molecule has 0 aliphatic heterocycles. The van der Waals surface area contributed by atoms with Gasteiger partial charge >= 0.3 is 0 Å². The molecule has 5 nitrogen and oxygen atoms in total. The second-order valence-corrected chi connectivity index (χ2v) is 6.72. The number of hydrogen-bond acceptors (Lipinski definition) is 4. The van der Waals surface area contributed by atoms with E-state index in [1.807, 2.05) is 0 Å². The minimum atomic E-state index is -3.79. The first-order chi connectivity index (χ1) is 8.88. The molecule has 2 aromatic rings. The fraction of sp³-hybridized carbons (Fsp3) is 0. The lowest BCUT2D eigenvalue weighted by molar-refractivity contribution is 0.600. The Labute approximate surface area is 128 Å². The van der Waals surface area contributed by atoms with Crippen molar-refractivity contribution in [2.24, 2.45) is 0 Å². The molecular formula is C10H6BrCl2N3O2S. The fourth-order valence-electron chi connectivity index (χ4n) is 1.21. The van der Waals surface area contributed by atoms with Crippen LogP contribution in [-0.2, 0) is 10.0 Å². The predicted molar refractivity (Wildman–Crippen MR) is 77.0 cm³/mol. The van der Waals surface area contributed by atoms with Crippen LogP contribution in [0.1, 0.15) is 0 Å². The average Bonchev–Trinajstić information content (AvgIpc) is 2.32. The van der Waals surface area contributed by atoms with Gasteiger partial charge in [-0.25, -0.2) is 23.1 Å². The van der Waals surface area contributed by atoms with Crippen molar-refractivity contribution in [3.8, 4) is 0 Å². The van der Waals surface area contributed by atoms with Gasteiger partial charge in [0, 0.05) is 10.7 Å². The van der Waals surface area contributed by atoms with Gasteiger partial charge in [0.2, 0.25) is 5.95 Å². The number of sulfonamides is 1. The zero-order valence-electron chi connectivity index (χ0n) is 9.14. The maximum atomic E-state index is 12.1. The zero-order valence-corrected chi connectivity index (χ0v) is 13.1. The summed E-state index contributed by atoms with van der Waals surface area (Å²) in [4.78, 5) is 7.55. The lowest BCUT2D eigenvalue weighted by Crippen LogP contribution is -2.15. The molecule has 0 amide bonds. The van der Waals surface area contributed by atoms with E-state index in [-0.39, 0.29) is 16.0 Å². The highest BCUT2D eigenvalue weighted by Crippen LogP contribution is 2.26. The largest absolute Gasteiger partial charge is 0.264 e. The van der Waals surface area contributed by atoms with Gasteiger partial charge in [-0.2, -0.15) is 0 Å². The lowest BCUT2D eigenvalue weighted by Gasteiger charge is -2.07. The van der Waals surface area contributed by atoms with E-state index >= 15 is 0 Å². The third kappa shape index (κ3) is 3.56. The number of anilines is 1. The average molecular weight is 383 g/mol. The van der Waals surface area contributed by atoms with Crippen LogP contribution in [0.25, 0.3) is 0 Å². The Morgan fingerprint density at radius 3 is 2.58 bits per heavy atom. The highest BCUT2D eigenvalue weighted by molar-refractivity contribution is 9.10. The van der Waals surface area contributed by atoms with Crippen molar-refractivity contribution < 1.29 is 8.42 Å². The molecule has 9 heteroatoms. The van der Waals surface area contributed by atoms with Gasteiger partial charge in [0.15, 0.2) is 0 Å². The van der Waals surface area contributed by atoms with E-state index in [1.54, 1.807) is 0 Å². The summed E-state index contributed by atoms with van der Waals surface area (Å²) < 4.78 is 26.9. The minimum Gasteiger partial charge on any atom is -0.247 e. The lowest BCUT2D eigenvalue weighted by atomic mass is 10.4. The molecule has 1 aromatic carbocycles.